The van der Waals surface area contributed by atoms with E-state index in [2.05, 4.69) is 10.3 Å². The molecule has 2 aromatic rings. The maximum atomic E-state index is 9.76. The lowest BCUT2D eigenvalue weighted by Crippen LogP contribution is -2.08. The van der Waals surface area contributed by atoms with Crippen LogP contribution in [0.3, 0.4) is 0 Å². The molecule has 2 rings (SSSR count). The van der Waals surface area contributed by atoms with Crippen LogP contribution in [-0.2, 0) is 36.0 Å². The molecule has 1 aromatic carbocycles. The second kappa shape index (κ2) is 10.5. The van der Waals surface area contributed by atoms with Gasteiger partial charge in [0, 0.05) is 17.8 Å². The first-order chi connectivity index (χ1) is 12.5. The van der Waals surface area contributed by atoms with E-state index in [1.54, 1.807) is 19.2 Å². The van der Waals surface area contributed by atoms with Gasteiger partial charge in [-0.05, 0) is 29.3 Å². The molecule has 0 fully saturated rings. The molecule has 0 amide bonds. The minimum absolute atomic E-state index is 0.239. The fourth-order valence-electron chi connectivity index (χ4n) is 2.69. The van der Waals surface area contributed by atoms with E-state index in [1.807, 2.05) is 6.07 Å². The van der Waals surface area contributed by atoms with Gasteiger partial charge in [0.2, 0.25) is 0 Å². The predicted molar refractivity (Wildman–Crippen MR) is 91.5 cm³/mol. The first-order valence-electron chi connectivity index (χ1n) is 7.45. The molecule has 0 unspecified atom stereocenters. The second-order valence-electron chi connectivity index (χ2n) is 5.10. The molecule has 0 aliphatic heterocycles. The number of hydrogen-bond donors (Lipinski definition) is 5. The highest BCUT2D eigenvalue weighted by molar-refractivity contribution is 6.34. The summed E-state index contributed by atoms with van der Waals surface area (Å²) in [5.41, 5.74) is 3.70. The van der Waals surface area contributed by atoms with Crippen LogP contribution in [0, 0.1) is 11.3 Å². The summed E-state index contributed by atoms with van der Waals surface area (Å²) in [7, 11) is 1.77. The lowest BCUT2D eigenvalue weighted by Gasteiger charge is -2.16. The third-order valence-electron chi connectivity index (χ3n) is 3.77. The van der Waals surface area contributed by atoms with Crippen molar-refractivity contribution >= 4 is 17.8 Å². The Kier molecular flexibility index (Phi) is 8.68. The van der Waals surface area contributed by atoms with Crippen LogP contribution in [0.15, 0.2) is 12.1 Å². The number of nitrogens with one attached hydrogen (secondary N) is 2. The van der Waals surface area contributed by atoms with Gasteiger partial charge in [-0.2, -0.15) is 14.9 Å². The molecule has 5 N–H and O–H groups in total. The van der Waals surface area contributed by atoms with Crippen LogP contribution in [0.5, 0.6) is 0 Å². The highest BCUT2D eigenvalue weighted by Crippen LogP contribution is 2.38. The van der Waals surface area contributed by atoms with Gasteiger partial charge in [-0.1, -0.05) is 23.7 Å². The number of carbonyl (C=O) groups excluding carboxylic acids is 2. The average molecular weight is 380 g/mol. The van der Waals surface area contributed by atoms with Crippen LogP contribution in [0.4, 0.5) is 0 Å². The zero-order valence-corrected chi connectivity index (χ0v) is 14.7. The van der Waals surface area contributed by atoms with Gasteiger partial charge >= 0.3 is 6.15 Å². The van der Waals surface area contributed by atoms with Crippen LogP contribution in [0.2, 0.25) is 5.02 Å². The smallest absolute Gasteiger partial charge is 0.373 e. The predicted octanol–water partition coefficient (Wildman–Crippen LogP) is 0.820. The van der Waals surface area contributed by atoms with Crippen LogP contribution >= 0.6 is 11.6 Å². The second-order valence-corrected chi connectivity index (χ2v) is 5.47. The SMILES string of the molecule is CNCc1[nH]c(C#N)c(Cl)c1-c1ccc(CO)c(CO)c1CO.O=C=O. The normalized spacial score (nSPS) is 9.85. The highest BCUT2D eigenvalue weighted by atomic mass is 35.5. The summed E-state index contributed by atoms with van der Waals surface area (Å²) in [6, 6.07) is 5.41. The molecule has 1 heterocycles. The van der Waals surface area contributed by atoms with Gasteiger partial charge in [0.15, 0.2) is 0 Å². The lowest BCUT2D eigenvalue weighted by atomic mass is 9.92. The Balaban J connectivity index is 0.00000105. The zero-order chi connectivity index (χ0) is 19.7. The zero-order valence-electron chi connectivity index (χ0n) is 14.0. The summed E-state index contributed by atoms with van der Waals surface area (Å²) in [4.78, 5) is 19.2. The molecule has 138 valence electrons. The fourth-order valence-corrected chi connectivity index (χ4v) is 3.00. The number of hydrogen-bond acceptors (Lipinski definition) is 7. The molecule has 0 spiro atoms. The molecule has 0 radical (unpaired) electrons. The number of H-pyrrole nitrogens is 1. The van der Waals surface area contributed by atoms with E-state index in [0.717, 1.165) is 0 Å². The maximum Gasteiger partial charge on any atom is 0.373 e. The van der Waals surface area contributed by atoms with Crippen molar-refractivity contribution in [2.45, 2.75) is 26.4 Å². The van der Waals surface area contributed by atoms with Crippen LogP contribution in [0.1, 0.15) is 28.1 Å². The van der Waals surface area contributed by atoms with Crippen molar-refractivity contribution in [3.8, 4) is 17.2 Å². The van der Waals surface area contributed by atoms with Gasteiger partial charge in [0.1, 0.15) is 11.8 Å². The number of nitrogens with zero attached hydrogens (tertiary/aromatic N) is 1. The number of benzene rings is 1. The Labute approximate surface area is 154 Å². The van der Waals surface area contributed by atoms with Crippen molar-refractivity contribution in [2.75, 3.05) is 7.05 Å². The number of aromatic amines is 1. The third kappa shape index (κ3) is 4.36. The van der Waals surface area contributed by atoms with Gasteiger partial charge in [0.25, 0.3) is 0 Å². The Hall–Kier alpha value is -2.50. The Bertz CT molecular complexity index is 836. The molecule has 0 aliphatic carbocycles. The minimum atomic E-state index is -0.318. The van der Waals surface area contributed by atoms with E-state index < -0.39 is 0 Å². The molecule has 0 saturated heterocycles. The summed E-state index contributed by atoms with van der Waals surface area (Å²) >= 11 is 6.32. The van der Waals surface area contributed by atoms with E-state index in [1.165, 1.54) is 0 Å². The van der Waals surface area contributed by atoms with E-state index in [-0.39, 0.29) is 36.7 Å². The van der Waals surface area contributed by atoms with E-state index in [9.17, 15) is 20.6 Å². The topological polar surface area (TPSA) is 146 Å². The third-order valence-corrected chi connectivity index (χ3v) is 4.14. The van der Waals surface area contributed by atoms with Gasteiger partial charge in [0.05, 0.1) is 24.8 Å². The lowest BCUT2D eigenvalue weighted by molar-refractivity contribution is -0.191. The maximum absolute atomic E-state index is 9.76. The van der Waals surface area contributed by atoms with Gasteiger partial charge < -0.3 is 25.6 Å². The summed E-state index contributed by atoms with van der Waals surface area (Å²) in [6.07, 6.45) is 0.250. The number of halogens is 1. The van der Waals surface area contributed by atoms with Crippen molar-refractivity contribution in [3.63, 3.8) is 0 Å². The largest absolute Gasteiger partial charge is 0.392 e. The quantitative estimate of drug-likeness (QED) is 0.499. The highest BCUT2D eigenvalue weighted by Gasteiger charge is 2.21. The first kappa shape index (κ1) is 21.5. The molecule has 0 aliphatic rings. The Morgan fingerprint density at radius 3 is 2.23 bits per heavy atom. The fraction of sp³-hybridized carbons (Fsp3) is 0.294. The van der Waals surface area contributed by atoms with E-state index >= 15 is 0 Å². The molecule has 9 heteroatoms. The average Bonchev–Trinajstić information content (AvgIpc) is 2.96. The standard InChI is InChI=1S/C16H18ClN3O3.CO2/c1-19-5-14-15(16(17)13(4-18)20-14)10-3-2-9(6-21)11(7-22)12(10)8-23;2-1-3/h2-3,19-23H,5-8H2,1H3;. The van der Waals surface area contributed by atoms with Gasteiger partial charge in [-0.25, -0.2) is 0 Å². The molecule has 26 heavy (non-hydrogen) atoms. The van der Waals surface area contributed by atoms with Crippen LogP contribution in [-0.4, -0.2) is 33.5 Å². The Morgan fingerprint density at radius 2 is 1.77 bits per heavy atom. The van der Waals surface area contributed by atoms with Crippen molar-refractivity contribution in [1.29, 1.82) is 5.26 Å². The molecule has 0 saturated carbocycles. The number of aromatic nitrogens is 1. The molecule has 8 nitrogen and oxygen atoms in total. The molecule has 0 bridgehead atoms. The molecule has 0 atom stereocenters. The molecular formula is C17H18ClN3O5. The van der Waals surface area contributed by atoms with Crippen molar-refractivity contribution in [1.82, 2.24) is 10.3 Å². The minimum Gasteiger partial charge on any atom is -0.392 e. The van der Waals surface area contributed by atoms with Gasteiger partial charge in [-0.15, -0.1) is 0 Å². The Morgan fingerprint density at radius 1 is 1.15 bits per heavy atom. The van der Waals surface area contributed by atoms with Crippen LogP contribution < -0.4 is 5.32 Å². The van der Waals surface area contributed by atoms with E-state index in [4.69, 9.17) is 21.2 Å². The molecule has 1 aromatic heterocycles. The van der Waals surface area contributed by atoms with Crippen molar-refractivity contribution < 1.29 is 24.9 Å². The summed E-state index contributed by atoms with van der Waals surface area (Å²) in [5.74, 6) is 0. The number of aliphatic hydroxyl groups is 3. The molecular weight excluding hydrogens is 362 g/mol. The summed E-state index contributed by atoms with van der Waals surface area (Å²) in [5, 5.41) is 41.2. The van der Waals surface area contributed by atoms with E-state index in [0.29, 0.717) is 40.1 Å². The monoisotopic (exact) mass is 379 g/mol. The van der Waals surface area contributed by atoms with Gasteiger partial charge in [-0.3, -0.25) is 0 Å². The number of nitriles is 1. The van der Waals surface area contributed by atoms with Crippen LogP contribution in [0.25, 0.3) is 11.1 Å². The first-order valence-corrected chi connectivity index (χ1v) is 7.83. The van der Waals surface area contributed by atoms with Crippen molar-refractivity contribution in [2.24, 2.45) is 0 Å². The number of aliphatic hydroxyl groups excluding tert-OH is 3. The summed E-state index contributed by atoms with van der Waals surface area (Å²) in [6.45, 7) is -0.412. The summed E-state index contributed by atoms with van der Waals surface area (Å²) < 4.78 is 0. The van der Waals surface area contributed by atoms with Crippen molar-refractivity contribution in [3.05, 3.63) is 45.2 Å². The number of rotatable bonds is 6.